The number of hydrogen-bond acceptors (Lipinski definition) is 2. The van der Waals surface area contributed by atoms with E-state index >= 15 is 0 Å². The average Bonchev–Trinajstić information content (AvgIpc) is 2.61. The molecule has 0 saturated heterocycles. The highest BCUT2D eigenvalue weighted by molar-refractivity contribution is 5.76. The summed E-state index contributed by atoms with van der Waals surface area (Å²) in [7, 11) is 2.19. The van der Waals surface area contributed by atoms with Gasteiger partial charge >= 0.3 is 0 Å². The molecule has 3 rings (SSSR count). The standard InChI is InChI=1S/C12H15N3/c1-15-4-2-9-6-11-12(14-8-13-11)7-10(9)3-5-15/h6-8H,2-5H2,1H3,(H,13,14). The maximum absolute atomic E-state index is 4.31. The molecule has 15 heavy (non-hydrogen) atoms. The Bertz CT molecular complexity index is 445. The van der Waals surface area contributed by atoms with E-state index in [2.05, 4.69) is 34.0 Å². The average molecular weight is 201 g/mol. The smallest absolute Gasteiger partial charge is 0.0931 e. The molecule has 0 saturated carbocycles. The summed E-state index contributed by atoms with van der Waals surface area (Å²) in [6.07, 6.45) is 4.07. The summed E-state index contributed by atoms with van der Waals surface area (Å²) in [6, 6.07) is 4.50. The van der Waals surface area contributed by atoms with Crippen molar-refractivity contribution in [2.45, 2.75) is 12.8 Å². The number of hydrogen-bond donors (Lipinski definition) is 1. The van der Waals surface area contributed by atoms with Gasteiger partial charge in [0.15, 0.2) is 0 Å². The van der Waals surface area contributed by atoms with Crippen LogP contribution in [0.3, 0.4) is 0 Å². The number of aromatic nitrogens is 2. The first-order valence-corrected chi connectivity index (χ1v) is 5.46. The normalized spacial score (nSPS) is 17.7. The second kappa shape index (κ2) is 3.35. The van der Waals surface area contributed by atoms with E-state index in [4.69, 9.17) is 0 Å². The van der Waals surface area contributed by atoms with Crippen molar-refractivity contribution in [3.63, 3.8) is 0 Å². The molecule has 0 atom stereocenters. The fourth-order valence-corrected chi connectivity index (χ4v) is 2.27. The molecular formula is C12H15N3. The molecule has 1 aliphatic heterocycles. The summed E-state index contributed by atoms with van der Waals surface area (Å²) >= 11 is 0. The fourth-order valence-electron chi connectivity index (χ4n) is 2.27. The first-order valence-electron chi connectivity index (χ1n) is 5.46. The fraction of sp³-hybridized carbons (Fsp3) is 0.417. The van der Waals surface area contributed by atoms with E-state index < -0.39 is 0 Å². The van der Waals surface area contributed by atoms with Crippen LogP contribution in [0.15, 0.2) is 18.5 Å². The molecule has 0 amide bonds. The highest BCUT2D eigenvalue weighted by atomic mass is 15.1. The second-order valence-corrected chi connectivity index (χ2v) is 4.34. The third-order valence-corrected chi connectivity index (χ3v) is 3.27. The number of H-pyrrole nitrogens is 1. The number of likely N-dealkylation sites (N-methyl/N-ethyl adjacent to an activating group) is 1. The van der Waals surface area contributed by atoms with Gasteiger partial charge in [0.2, 0.25) is 0 Å². The summed E-state index contributed by atoms with van der Waals surface area (Å²) in [5.41, 5.74) is 5.21. The van der Waals surface area contributed by atoms with Gasteiger partial charge in [0, 0.05) is 13.1 Å². The summed E-state index contributed by atoms with van der Waals surface area (Å²) in [4.78, 5) is 9.87. The molecule has 78 valence electrons. The Balaban J connectivity index is 2.11. The lowest BCUT2D eigenvalue weighted by atomic mass is 10.0. The third kappa shape index (κ3) is 1.53. The SMILES string of the molecule is CN1CCc2cc3nc[nH]c3cc2CC1. The molecule has 3 nitrogen and oxygen atoms in total. The van der Waals surface area contributed by atoms with Crippen LogP contribution < -0.4 is 0 Å². The zero-order valence-corrected chi connectivity index (χ0v) is 8.95. The van der Waals surface area contributed by atoms with Gasteiger partial charge in [-0.2, -0.15) is 0 Å². The third-order valence-electron chi connectivity index (χ3n) is 3.27. The number of rotatable bonds is 0. The Morgan fingerprint density at radius 3 is 2.73 bits per heavy atom. The summed E-state index contributed by atoms with van der Waals surface area (Å²) in [5.74, 6) is 0. The van der Waals surface area contributed by atoms with Gasteiger partial charge in [0.05, 0.1) is 17.4 Å². The Kier molecular flexibility index (Phi) is 1.99. The van der Waals surface area contributed by atoms with Crippen LogP contribution in [0.25, 0.3) is 11.0 Å². The first-order chi connectivity index (χ1) is 7.33. The molecular weight excluding hydrogens is 186 g/mol. The Morgan fingerprint density at radius 2 is 1.93 bits per heavy atom. The number of imidazole rings is 1. The summed E-state index contributed by atoms with van der Waals surface area (Å²) < 4.78 is 0. The van der Waals surface area contributed by atoms with Gasteiger partial charge < -0.3 is 9.88 Å². The minimum absolute atomic E-state index is 1.10. The van der Waals surface area contributed by atoms with Crippen molar-refractivity contribution in [1.82, 2.24) is 14.9 Å². The predicted octanol–water partition coefficient (Wildman–Crippen LogP) is 1.59. The molecule has 2 aromatic rings. The van der Waals surface area contributed by atoms with Crippen molar-refractivity contribution in [2.24, 2.45) is 0 Å². The molecule has 1 aromatic heterocycles. The van der Waals surface area contributed by atoms with Crippen LogP contribution in [0.4, 0.5) is 0 Å². The van der Waals surface area contributed by atoms with Crippen molar-refractivity contribution in [1.29, 1.82) is 0 Å². The molecule has 0 radical (unpaired) electrons. The van der Waals surface area contributed by atoms with Gasteiger partial charge in [-0.05, 0) is 43.1 Å². The van der Waals surface area contributed by atoms with Gasteiger partial charge in [0.1, 0.15) is 0 Å². The number of nitrogens with one attached hydrogen (secondary N) is 1. The molecule has 1 aromatic carbocycles. The minimum atomic E-state index is 1.10. The zero-order chi connectivity index (χ0) is 10.3. The molecule has 2 heterocycles. The quantitative estimate of drug-likeness (QED) is 0.702. The maximum Gasteiger partial charge on any atom is 0.0931 e. The summed E-state index contributed by atoms with van der Waals surface area (Å²) in [5, 5.41) is 0. The number of aromatic amines is 1. The lowest BCUT2D eigenvalue weighted by molar-refractivity contribution is 0.352. The van der Waals surface area contributed by atoms with E-state index in [-0.39, 0.29) is 0 Å². The van der Waals surface area contributed by atoms with Crippen molar-refractivity contribution in [3.8, 4) is 0 Å². The number of benzene rings is 1. The molecule has 1 N–H and O–H groups in total. The monoisotopic (exact) mass is 201 g/mol. The topological polar surface area (TPSA) is 31.9 Å². The predicted molar refractivity (Wildman–Crippen MR) is 61.0 cm³/mol. The van der Waals surface area contributed by atoms with Crippen LogP contribution in [0.2, 0.25) is 0 Å². The first kappa shape index (κ1) is 8.92. The minimum Gasteiger partial charge on any atom is -0.345 e. The van der Waals surface area contributed by atoms with E-state index in [1.807, 2.05) is 0 Å². The van der Waals surface area contributed by atoms with E-state index in [1.165, 1.54) is 16.6 Å². The van der Waals surface area contributed by atoms with E-state index in [1.54, 1.807) is 6.33 Å². The zero-order valence-electron chi connectivity index (χ0n) is 8.95. The van der Waals surface area contributed by atoms with Crippen molar-refractivity contribution in [3.05, 3.63) is 29.6 Å². The van der Waals surface area contributed by atoms with Gasteiger partial charge in [-0.25, -0.2) is 4.98 Å². The Morgan fingerprint density at radius 1 is 1.20 bits per heavy atom. The van der Waals surface area contributed by atoms with Gasteiger partial charge in [-0.3, -0.25) is 0 Å². The van der Waals surface area contributed by atoms with Crippen LogP contribution in [0.1, 0.15) is 11.1 Å². The molecule has 0 unspecified atom stereocenters. The molecule has 0 spiro atoms. The number of fused-ring (bicyclic) bond motifs is 2. The van der Waals surface area contributed by atoms with Crippen LogP contribution in [-0.2, 0) is 12.8 Å². The maximum atomic E-state index is 4.31. The van der Waals surface area contributed by atoms with Crippen LogP contribution in [0, 0.1) is 0 Å². The molecule has 1 aliphatic rings. The van der Waals surface area contributed by atoms with E-state index in [9.17, 15) is 0 Å². The molecule has 3 heteroatoms. The van der Waals surface area contributed by atoms with Crippen molar-refractivity contribution in [2.75, 3.05) is 20.1 Å². The Labute approximate surface area is 89.1 Å². The van der Waals surface area contributed by atoms with E-state index in [0.29, 0.717) is 0 Å². The van der Waals surface area contributed by atoms with Crippen LogP contribution >= 0.6 is 0 Å². The van der Waals surface area contributed by atoms with Gasteiger partial charge in [-0.15, -0.1) is 0 Å². The van der Waals surface area contributed by atoms with Gasteiger partial charge in [-0.1, -0.05) is 0 Å². The summed E-state index contributed by atoms with van der Waals surface area (Å²) in [6.45, 7) is 2.32. The van der Waals surface area contributed by atoms with E-state index in [0.717, 1.165) is 31.4 Å². The van der Waals surface area contributed by atoms with Crippen molar-refractivity contribution >= 4 is 11.0 Å². The highest BCUT2D eigenvalue weighted by Crippen LogP contribution is 2.20. The number of nitrogens with zero attached hydrogens (tertiary/aromatic N) is 2. The lowest BCUT2D eigenvalue weighted by Gasteiger charge is -2.10. The molecule has 0 aliphatic carbocycles. The van der Waals surface area contributed by atoms with Crippen LogP contribution in [-0.4, -0.2) is 35.0 Å². The molecule has 0 bridgehead atoms. The molecule has 0 fully saturated rings. The lowest BCUT2D eigenvalue weighted by Crippen LogP contribution is -2.20. The highest BCUT2D eigenvalue weighted by Gasteiger charge is 2.12. The Hall–Kier alpha value is -1.35. The van der Waals surface area contributed by atoms with Crippen LogP contribution in [0.5, 0.6) is 0 Å². The van der Waals surface area contributed by atoms with Crippen molar-refractivity contribution < 1.29 is 0 Å². The second-order valence-electron chi connectivity index (χ2n) is 4.34. The van der Waals surface area contributed by atoms with Gasteiger partial charge in [0.25, 0.3) is 0 Å². The largest absolute Gasteiger partial charge is 0.345 e.